The third-order valence-corrected chi connectivity index (χ3v) is 6.08. The van der Waals surface area contributed by atoms with Gasteiger partial charge in [-0.25, -0.2) is 4.39 Å². The van der Waals surface area contributed by atoms with Crippen LogP contribution in [0.4, 0.5) is 10.1 Å². The average molecular weight is 416 g/mol. The van der Waals surface area contributed by atoms with Crippen LogP contribution in [0.15, 0.2) is 22.7 Å². The maximum absolute atomic E-state index is 14.5. The molecule has 4 rings (SSSR count). The largest absolute Gasteiger partial charge is 0.339 e. The standard InChI is InChI=1S/C22H30FN5O2/c1-27-10-12-28(13-11-27)15-16-6-7-19(18(23)14-16)24-20(29)8-9-21-25-22(26-30-21)17-4-2-3-5-17/h6-7,14,17H,2-5,8-13,15H2,1H3,(H,24,29). The Morgan fingerprint density at radius 2 is 2.00 bits per heavy atom. The van der Waals surface area contributed by atoms with Gasteiger partial charge >= 0.3 is 0 Å². The SMILES string of the molecule is CN1CCN(Cc2ccc(NC(=O)CCc3nc(C4CCCC4)no3)c(F)c2)CC1. The van der Waals surface area contributed by atoms with Crippen molar-refractivity contribution in [3.05, 3.63) is 41.3 Å². The molecule has 1 aromatic carbocycles. The lowest BCUT2D eigenvalue weighted by Gasteiger charge is -2.32. The number of carbonyl (C=O) groups is 1. The number of halogens is 1. The molecule has 2 aromatic rings. The Balaban J connectivity index is 1.26. The molecule has 7 nitrogen and oxygen atoms in total. The molecule has 1 aromatic heterocycles. The van der Waals surface area contributed by atoms with Gasteiger partial charge in [0.15, 0.2) is 5.82 Å². The Morgan fingerprint density at radius 3 is 2.73 bits per heavy atom. The first kappa shape index (κ1) is 20.9. The minimum Gasteiger partial charge on any atom is -0.339 e. The van der Waals surface area contributed by atoms with Crippen molar-refractivity contribution in [1.82, 2.24) is 19.9 Å². The first-order chi connectivity index (χ1) is 14.6. The van der Waals surface area contributed by atoms with Crippen LogP contribution in [-0.2, 0) is 17.8 Å². The molecule has 2 fully saturated rings. The van der Waals surface area contributed by atoms with Crippen LogP contribution >= 0.6 is 0 Å². The second-order valence-corrected chi connectivity index (χ2v) is 8.47. The van der Waals surface area contributed by atoms with E-state index in [1.807, 2.05) is 6.07 Å². The van der Waals surface area contributed by atoms with Crippen LogP contribution in [0, 0.1) is 5.82 Å². The Morgan fingerprint density at radius 1 is 1.23 bits per heavy atom. The van der Waals surface area contributed by atoms with E-state index in [-0.39, 0.29) is 18.0 Å². The maximum Gasteiger partial charge on any atom is 0.227 e. The van der Waals surface area contributed by atoms with E-state index in [0.717, 1.165) is 57.0 Å². The number of anilines is 1. The topological polar surface area (TPSA) is 74.5 Å². The van der Waals surface area contributed by atoms with Crippen LogP contribution in [0.3, 0.4) is 0 Å². The van der Waals surface area contributed by atoms with E-state index < -0.39 is 5.82 Å². The maximum atomic E-state index is 14.5. The first-order valence-electron chi connectivity index (χ1n) is 10.9. The molecule has 1 saturated heterocycles. The zero-order valence-electron chi connectivity index (χ0n) is 17.6. The Hall–Kier alpha value is -2.32. The fraction of sp³-hybridized carbons (Fsp3) is 0.591. The van der Waals surface area contributed by atoms with Gasteiger partial charge in [0.25, 0.3) is 0 Å². The number of rotatable bonds is 7. The van der Waals surface area contributed by atoms with Crippen LogP contribution in [0.5, 0.6) is 0 Å². The van der Waals surface area contributed by atoms with Crippen molar-refractivity contribution in [2.24, 2.45) is 0 Å². The summed E-state index contributed by atoms with van der Waals surface area (Å²) in [5, 5.41) is 6.71. The summed E-state index contributed by atoms with van der Waals surface area (Å²) in [5.41, 5.74) is 1.12. The number of aromatic nitrogens is 2. The number of amides is 1. The van der Waals surface area contributed by atoms with Crippen molar-refractivity contribution in [3.8, 4) is 0 Å². The number of hydrogen-bond acceptors (Lipinski definition) is 6. The van der Waals surface area contributed by atoms with Crippen molar-refractivity contribution in [2.75, 3.05) is 38.5 Å². The summed E-state index contributed by atoms with van der Waals surface area (Å²) in [4.78, 5) is 21.3. The number of hydrogen-bond donors (Lipinski definition) is 1. The molecule has 0 atom stereocenters. The van der Waals surface area contributed by atoms with Gasteiger partial charge in [0.2, 0.25) is 11.8 Å². The summed E-state index contributed by atoms with van der Waals surface area (Å²) < 4.78 is 19.8. The molecular weight excluding hydrogens is 385 g/mol. The molecule has 162 valence electrons. The van der Waals surface area contributed by atoms with Crippen LogP contribution in [-0.4, -0.2) is 59.1 Å². The van der Waals surface area contributed by atoms with Gasteiger partial charge in [0.05, 0.1) is 5.69 Å². The predicted molar refractivity (Wildman–Crippen MR) is 112 cm³/mol. The molecule has 8 heteroatoms. The van der Waals surface area contributed by atoms with E-state index in [1.165, 1.54) is 18.9 Å². The zero-order valence-corrected chi connectivity index (χ0v) is 17.6. The second-order valence-electron chi connectivity index (χ2n) is 8.47. The Bertz CT molecular complexity index is 857. The highest BCUT2D eigenvalue weighted by Gasteiger charge is 2.22. The van der Waals surface area contributed by atoms with E-state index in [4.69, 9.17) is 4.52 Å². The number of nitrogens with one attached hydrogen (secondary N) is 1. The van der Waals surface area contributed by atoms with Gasteiger partial charge in [-0.2, -0.15) is 4.98 Å². The number of aryl methyl sites for hydroxylation is 1. The van der Waals surface area contributed by atoms with Gasteiger partial charge in [-0.3, -0.25) is 9.69 Å². The quantitative estimate of drug-likeness (QED) is 0.749. The highest BCUT2D eigenvalue weighted by Crippen LogP contribution is 2.32. The molecular formula is C22H30FN5O2. The zero-order chi connectivity index (χ0) is 20.9. The number of carbonyl (C=O) groups excluding carboxylic acids is 1. The van der Waals surface area contributed by atoms with Crippen molar-refractivity contribution < 1.29 is 13.7 Å². The highest BCUT2D eigenvalue weighted by molar-refractivity contribution is 5.90. The molecule has 0 spiro atoms. The smallest absolute Gasteiger partial charge is 0.227 e. The van der Waals surface area contributed by atoms with E-state index in [0.29, 0.717) is 18.2 Å². The third kappa shape index (κ3) is 5.43. The molecule has 0 radical (unpaired) electrons. The highest BCUT2D eigenvalue weighted by atomic mass is 19.1. The summed E-state index contributed by atoms with van der Waals surface area (Å²) in [5.74, 6) is 0.937. The van der Waals surface area contributed by atoms with Gasteiger partial charge in [-0.15, -0.1) is 0 Å². The molecule has 1 N–H and O–H groups in total. The Labute approximate surface area is 176 Å². The molecule has 0 bridgehead atoms. The molecule has 1 aliphatic carbocycles. The van der Waals surface area contributed by atoms with Gasteiger partial charge in [-0.1, -0.05) is 24.1 Å². The van der Waals surface area contributed by atoms with Gasteiger partial charge in [-0.05, 0) is 37.6 Å². The summed E-state index contributed by atoms with van der Waals surface area (Å²) >= 11 is 0. The molecule has 0 unspecified atom stereocenters. The number of nitrogens with zero attached hydrogens (tertiary/aromatic N) is 4. The number of benzene rings is 1. The molecule has 1 amide bonds. The predicted octanol–water partition coefficient (Wildman–Crippen LogP) is 3.19. The lowest BCUT2D eigenvalue weighted by Crippen LogP contribution is -2.43. The van der Waals surface area contributed by atoms with Gasteiger partial charge < -0.3 is 14.7 Å². The molecule has 2 heterocycles. The van der Waals surface area contributed by atoms with Gasteiger partial charge in [0.1, 0.15) is 5.82 Å². The number of likely N-dealkylation sites (N-methyl/N-ethyl adjacent to an activating group) is 1. The van der Waals surface area contributed by atoms with E-state index >= 15 is 0 Å². The van der Waals surface area contributed by atoms with Crippen LogP contribution in [0.2, 0.25) is 0 Å². The minimum atomic E-state index is -0.406. The van der Waals surface area contributed by atoms with Crippen molar-refractivity contribution >= 4 is 11.6 Å². The summed E-state index contributed by atoms with van der Waals surface area (Å²) in [7, 11) is 2.11. The third-order valence-electron chi connectivity index (χ3n) is 6.08. The normalized spacial score (nSPS) is 18.7. The van der Waals surface area contributed by atoms with E-state index in [9.17, 15) is 9.18 Å². The van der Waals surface area contributed by atoms with E-state index in [1.54, 1.807) is 6.07 Å². The van der Waals surface area contributed by atoms with Crippen molar-refractivity contribution in [3.63, 3.8) is 0 Å². The minimum absolute atomic E-state index is 0.175. The van der Waals surface area contributed by atoms with Crippen LogP contribution < -0.4 is 5.32 Å². The fourth-order valence-corrected chi connectivity index (χ4v) is 4.18. The molecule has 2 aliphatic rings. The fourth-order valence-electron chi connectivity index (χ4n) is 4.18. The molecule has 1 aliphatic heterocycles. The lowest BCUT2D eigenvalue weighted by molar-refractivity contribution is -0.116. The second kappa shape index (κ2) is 9.66. The van der Waals surface area contributed by atoms with E-state index in [2.05, 4.69) is 32.3 Å². The first-order valence-corrected chi connectivity index (χ1v) is 10.9. The number of piperazine rings is 1. The van der Waals surface area contributed by atoms with Crippen molar-refractivity contribution in [1.29, 1.82) is 0 Å². The summed E-state index contributed by atoms with van der Waals surface area (Å²) in [6.45, 7) is 4.74. The molecule has 30 heavy (non-hydrogen) atoms. The average Bonchev–Trinajstić information content (AvgIpc) is 3.42. The summed E-state index contributed by atoms with van der Waals surface area (Å²) in [6.07, 6.45) is 5.14. The van der Waals surface area contributed by atoms with Crippen LogP contribution in [0.25, 0.3) is 0 Å². The Kier molecular flexibility index (Phi) is 6.74. The lowest BCUT2D eigenvalue weighted by atomic mass is 10.1. The molecule has 1 saturated carbocycles. The van der Waals surface area contributed by atoms with Gasteiger partial charge in [0, 0.05) is 51.5 Å². The summed E-state index contributed by atoms with van der Waals surface area (Å²) in [6, 6.07) is 5.03. The van der Waals surface area contributed by atoms with Crippen LogP contribution in [0.1, 0.15) is 55.3 Å². The monoisotopic (exact) mass is 415 g/mol. The van der Waals surface area contributed by atoms with Crippen molar-refractivity contribution in [2.45, 2.75) is 51.0 Å².